The first-order valence-electron chi connectivity index (χ1n) is 6.86. The largest absolute Gasteiger partial charge is 0.396 e. The van der Waals surface area contributed by atoms with E-state index in [1.165, 1.54) is 4.88 Å². The van der Waals surface area contributed by atoms with Gasteiger partial charge in [0.15, 0.2) is 0 Å². The van der Waals surface area contributed by atoms with Crippen LogP contribution in [-0.4, -0.2) is 34.3 Å². The van der Waals surface area contributed by atoms with Gasteiger partial charge in [0.1, 0.15) is 10.6 Å². The second-order valence-electron chi connectivity index (χ2n) is 5.23. The summed E-state index contributed by atoms with van der Waals surface area (Å²) < 4.78 is 0. The Morgan fingerprint density at radius 2 is 2.15 bits per heavy atom. The van der Waals surface area contributed by atoms with Crippen LogP contribution in [0.1, 0.15) is 31.6 Å². The molecule has 2 heterocycles. The number of aromatic nitrogens is 2. The van der Waals surface area contributed by atoms with E-state index in [9.17, 15) is 5.11 Å². The fourth-order valence-electron chi connectivity index (χ4n) is 2.11. The topological polar surface area (TPSA) is 70.1 Å². The summed E-state index contributed by atoms with van der Waals surface area (Å²) in [4.78, 5) is 11.2. The van der Waals surface area contributed by atoms with E-state index in [1.807, 2.05) is 7.05 Å². The maximum absolute atomic E-state index is 9.25. The summed E-state index contributed by atoms with van der Waals surface area (Å²) in [5.41, 5.74) is -0.170. The number of hydrogen-bond acceptors (Lipinski definition) is 6. The smallest absolute Gasteiger partial charge is 0.225 e. The minimum Gasteiger partial charge on any atom is -0.396 e. The number of nitrogens with one attached hydrogen (secondary N) is 2. The Balaban J connectivity index is 2.46. The van der Waals surface area contributed by atoms with E-state index in [-0.39, 0.29) is 12.1 Å². The number of aliphatic hydroxyl groups excluding tert-OH is 1. The molecule has 0 bridgehead atoms. The van der Waals surface area contributed by atoms with Crippen molar-refractivity contribution in [3.63, 3.8) is 0 Å². The number of aryl methyl sites for hydroxylation is 1. The van der Waals surface area contributed by atoms with Gasteiger partial charge in [-0.1, -0.05) is 6.92 Å². The van der Waals surface area contributed by atoms with Crippen molar-refractivity contribution in [2.24, 2.45) is 0 Å². The molecular formula is C14H22N4OS. The molecule has 2 aromatic rings. The van der Waals surface area contributed by atoms with Crippen LogP contribution in [0, 0.1) is 6.92 Å². The van der Waals surface area contributed by atoms with Crippen LogP contribution in [0.4, 0.5) is 11.8 Å². The van der Waals surface area contributed by atoms with Gasteiger partial charge in [0.05, 0.1) is 5.39 Å². The Kier molecular flexibility index (Phi) is 4.45. The first-order chi connectivity index (χ1) is 9.51. The van der Waals surface area contributed by atoms with E-state index in [2.05, 4.69) is 47.4 Å². The average molecular weight is 294 g/mol. The van der Waals surface area contributed by atoms with Crippen molar-refractivity contribution in [2.45, 2.75) is 39.2 Å². The molecule has 1 atom stereocenters. The maximum atomic E-state index is 9.25. The van der Waals surface area contributed by atoms with Gasteiger partial charge in [-0.15, -0.1) is 11.3 Å². The molecule has 0 saturated carbocycles. The molecule has 20 heavy (non-hydrogen) atoms. The van der Waals surface area contributed by atoms with Gasteiger partial charge < -0.3 is 15.7 Å². The molecule has 0 amide bonds. The van der Waals surface area contributed by atoms with Gasteiger partial charge in [0, 0.05) is 24.1 Å². The number of thiophene rings is 1. The Morgan fingerprint density at radius 3 is 2.75 bits per heavy atom. The van der Waals surface area contributed by atoms with Gasteiger partial charge in [0.25, 0.3) is 0 Å². The standard InChI is InChI=1S/C14H22N4OS/c1-5-14(3,6-7-19)18-11-10-8-9(2)20-12(10)17-13(15-4)16-11/h8,19H,5-7H2,1-4H3,(H2,15,16,17,18). The van der Waals surface area contributed by atoms with Crippen LogP contribution >= 0.6 is 11.3 Å². The van der Waals surface area contributed by atoms with Crippen LogP contribution in [-0.2, 0) is 0 Å². The molecule has 0 aliphatic heterocycles. The Hall–Kier alpha value is -1.40. The van der Waals surface area contributed by atoms with Crippen LogP contribution < -0.4 is 10.6 Å². The molecule has 3 N–H and O–H groups in total. The first-order valence-corrected chi connectivity index (χ1v) is 7.68. The van der Waals surface area contributed by atoms with E-state index in [0.29, 0.717) is 12.4 Å². The molecule has 0 aliphatic rings. The summed E-state index contributed by atoms with van der Waals surface area (Å²) in [6.45, 7) is 6.45. The highest BCUT2D eigenvalue weighted by Crippen LogP contribution is 2.32. The molecule has 6 heteroatoms. The predicted octanol–water partition coefficient (Wildman–Crippen LogP) is 3.00. The van der Waals surface area contributed by atoms with E-state index in [4.69, 9.17) is 0 Å². The normalized spacial score (nSPS) is 14.2. The lowest BCUT2D eigenvalue weighted by molar-refractivity contribution is 0.252. The van der Waals surface area contributed by atoms with Crippen molar-refractivity contribution in [1.82, 2.24) is 9.97 Å². The van der Waals surface area contributed by atoms with Crippen molar-refractivity contribution in [3.8, 4) is 0 Å². The molecule has 110 valence electrons. The van der Waals surface area contributed by atoms with Gasteiger partial charge >= 0.3 is 0 Å². The fraction of sp³-hybridized carbons (Fsp3) is 0.571. The van der Waals surface area contributed by atoms with E-state index < -0.39 is 0 Å². The summed E-state index contributed by atoms with van der Waals surface area (Å²) in [6.07, 6.45) is 1.60. The van der Waals surface area contributed by atoms with Crippen molar-refractivity contribution in [2.75, 3.05) is 24.3 Å². The quantitative estimate of drug-likeness (QED) is 0.764. The lowest BCUT2D eigenvalue weighted by Gasteiger charge is -2.30. The summed E-state index contributed by atoms with van der Waals surface area (Å²) in [5.74, 6) is 1.45. The molecule has 2 rings (SSSR count). The van der Waals surface area contributed by atoms with Gasteiger partial charge in [0.2, 0.25) is 5.95 Å². The molecule has 0 saturated heterocycles. The van der Waals surface area contributed by atoms with Gasteiger partial charge in [-0.05, 0) is 32.8 Å². The lowest BCUT2D eigenvalue weighted by Crippen LogP contribution is -2.35. The second-order valence-corrected chi connectivity index (χ2v) is 6.47. The minimum absolute atomic E-state index is 0.160. The van der Waals surface area contributed by atoms with Crippen LogP contribution in [0.2, 0.25) is 0 Å². The molecule has 0 aliphatic carbocycles. The molecule has 0 aromatic carbocycles. The average Bonchev–Trinajstić information content (AvgIpc) is 2.79. The predicted molar refractivity (Wildman–Crippen MR) is 85.7 cm³/mol. The first kappa shape index (κ1) is 15.0. The van der Waals surface area contributed by atoms with Crippen LogP contribution in [0.25, 0.3) is 10.2 Å². The summed E-state index contributed by atoms with van der Waals surface area (Å²) in [6, 6.07) is 2.11. The third-order valence-electron chi connectivity index (χ3n) is 3.60. The summed E-state index contributed by atoms with van der Waals surface area (Å²) >= 11 is 1.66. The van der Waals surface area contributed by atoms with Crippen molar-refractivity contribution < 1.29 is 5.11 Å². The number of nitrogens with zero attached hydrogens (tertiary/aromatic N) is 2. The number of fused-ring (bicyclic) bond motifs is 1. The molecule has 0 spiro atoms. The Labute approximate surface area is 123 Å². The number of aliphatic hydroxyl groups is 1. The molecular weight excluding hydrogens is 272 g/mol. The van der Waals surface area contributed by atoms with E-state index in [0.717, 1.165) is 22.5 Å². The molecule has 1 unspecified atom stereocenters. The van der Waals surface area contributed by atoms with E-state index in [1.54, 1.807) is 11.3 Å². The third kappa shape index (κ3) is 3.02. The van der Waals surface area contributed by atoms with Crippen molar-refractivity contribution in [1.29, 1.82) is 0 Å². The maximum Gasteiger partial charge on any atom is 0.225 e. The number of anilines is 2. The monoisotopic (exact) mass is 294 g/mol. The van der Waals surface area contributed by atoms with E-state index >= 15 is 0 Å². The number of hydrogen-bond donors (Lipinski definition) is 3. The molecule has 0 radical (unpaired) electrons. The van der Waals surface area contributed by atoms with Crippen LogP contribution in [0.15, 0.2) is 6.07 Å². The highest BCUT2D eigenvalue weighted by Gasteiger charge is 2.23. The Morgan fingerprint density at radius 1 is 1.40 bits per heavy atom. The lowest BCUT2D eigenvalue weighted by atomic mass is 9.95. The minimum atomic E-state index is -0.170. The van der Waals surface area contributed by atoms with Crippen molar-refractivity contribution >= 4 is 33.3 Å². The zero-order valence-corrected chi connectivity index (χ0v) is 13.3. The zero-order chi connectivity index (χ0) is 14.8. The summed E-state index contributed by atoms with van der Waals surface area (Å²) in [5, 5.41) is 16.8. The molecule has 2 aromatic heterocycles. The molecule has 5 nitrogen and oxygen atoms in total. The SMILES string of the molecule is CCC(C)(CCO)Nc1nc(NC)nc2sc(C)cc12. The third-order valence-corrected chi connectivity index (χ3v) is 4.55. The van der Waals surface area contributed by atoms with Crippen LogP contribution in [0.5, 0.6) is 0 Å². The Bertz CT molecular complexity index is 598. The summed E-state index contributed by atoms with van der Waals surface area (Å²) in [7, 11) is 1.82. The van der Waals surface area contributed by atoms with Crippen molar-refractivity contribution in [3.05, 3.63) is 10.9 Å². The molecule has 0 fully saturated rings. The fourth-order valence-corrected chi connectivity index (χ4v) is 2.99. The van der Waals surface area contributed by atoms with Crippen LogP contribution in [0.3, 0.4) is 0 Å². The zero-order valence-electron chi connectivity index (χ0n) is 12.4. The van der Waals surface area contributed by atoms with Gasteiger partial charge in [-0.2, -0.15) is 4.98 Å². The highest BCUT2D eigenvalue weighted by atomic mass is 32.1. The second kappa shape index (κ2) is 5.93. The van der Waals surface area contributed by atoms with Gasteiger partial charge in [-0.3, -0.25) is 0 Å². The highest BCUT2D eigenvalue weighted by molar-refractivity contribution is 7.18. The number of rotatable bonds is 6. The van der Waals surface area contributed by atoms with Gasteiger partial charge in [-0.25, -0.2) is 4.98 Å².